The van der Waals surface area contributed by atoms with Crippen molar-refractivity contribution >= 4 is 34.1 Å². The van der Waals surface area contributed by atoms with Gasteiger partial charge in [0.1, 0.15) is 5.82 Å². The standard InChI is InChI=1S/C48H60N4O3/c1-2-3-4-5-6-7-8-9-10-11-12-13-14-15-16-17-18-19-20-30-46(53)52-47(54)34-32-42-31-33-45(49-48(42)52)55-40-24-23-35-50-36-38-51(39-37-50)44-29-25-27-41-26-21-22-28-43(41)44/h3-4,6-7,9-10,12-13,15-16,18-19,21-22,25-29,31,33H,2,5,8,11,14,17,20,23-24,30,32,34-40H2,1H3. The van der Waals surface area contributed by atoms with Crippen LogP contribution in [-0.4, -0.2) is 61.0 Å². The number of aromatic nitrogens is 1. The third kappa shape index (κ3) is 13.7. The molecule has 0 radical (unpaired) electrons. The van der Waals surface area contributed by atoms with Crippen molar-refractivity contribution in [2.45, 2.75) is 84.0 Å². The number of carbonyl (C=O) groups excluding carboxylic acids is 2. The number of rotatable bonds is 21. The number of piperazine rings is 1. The molecule has 0 aliphatic carbocycles. The van der Waals surface area contributed by atoms with Crippen molar-refractivity contribution in [3.8, 4) is 5.88 Å². The maximum atomic E-state index is 13.2. The van der Waals surface area contributed by atoms with E-state index in [2.05, 4.69) is 131 Å². The number of pyridine rings is 1. The second-order valence-corrected chi connectivity index (χ2v) is 14.1. The molecular weight excluding hydrogens is 681 g/mol. The molecule has 0 atom stereocenters. The molecule has 1 aromatic heterocycles. The SMILES string of the molecule is CCC=CCC=CCC=CCC=CCC=CCC=CCCC(=O)N1C(=O)CCc2ccc(OCCCCN3CCN(c4cccc5ccccc45)CC3)nc21. The molecule has 2 aromatic carbocycles. The van der Waals surface area contributed by atoms with Crippen LogP contribution in [0.2, 0.25) is 0 Å². The molecule has 2 aliphatic rings. The Morgan fingerprint density at radius 1 is 0.709 bits per heavy atom. The summed E-state index contributed by atoms with van der Waals surface area (Å²) < 4.78 is 6.03. The lowest BCUT2D eigenvalue weighted by Crippen LogP contribution is -2.46. The highest BCUT2D eigenvalue weighted by atomic mass is 16.5. The van der Waals surface area contributed by atoms with Gasteiger partial charge in [0.05, 0.1) is 6.61 Å². The number of ether oxygens (including phenoxy) is 1. The van der Waals surface area contributed by atoms with Gasteiger partial charge in [-0.2, -0.15) is 4.98 Å². The Kier molecular flexibility index (Phi) is 17.7. The summed E-state index contributed by atoms with van der Waals surface area (Å²) in [6, 6.07) is 19.0. The lowest BCUT2D eigenvalue weighted by Gasteiger charge is -2.36. The van der Waals surface area contributed by atoms with Gasteiger partial charge in [-0.25, -0.2) is 4.90 Å². The first kappa shape index (κ1) is 41.2. The van der Waals surface area contributed by atoms with Crippen molar-refractivity contribution in [1.82, 2.24) is 9.88 Å². The van der Waals surface area contributed by atoms with E-state index in [1.165, 1.54) is 21.4 Å². The number of unbranched alkanes of at least 4 members (excludes halogenated alkanes) is 1. The fourth-order valence-corrected chi connectivity index (χ4v) is 6.93. The average molecular weight is 741 g/mol. The van der Waals surface area contributed by atoms with E-state index in [0.29, 0.717) is 37.6 Å². The monoisotopic (exact) mass is 740 g/mol. The lowest BCUT2D eigenvalue weighted by atomic mass is 10.0. The normalized spacial score (nSPS) is 15.7. The van der Waals surface area contributed by atoms with Crippen molar-refractivity contribution in [1.29, 1.82) is 0 Å². The number of imide groups is 1. The highest BCUT2D eigenvalue weighted by Crippen LogP contribution is 2.30. The maximum absolute atomic E-state index is 13.2. The van der Waals surface area contributed by atoms with Crippen LogP contribution in [0.5, 0.6) is 5.88 Å². The van der Waals surface area contributed by atoms with E-state index < -0.39 is 0 Å². The summed E-state index contributed by atoms with van der Waals surface area (Å²) >= 11 is 0. The van der Waals surface area contributed by atoms with E-state index >= 15 is 0 Å². The minimum absolute atomic E-state index is 0.189. The van der Waals surface area contributed by atoms with Gasteiger partial charge < -0.3 is 9.64 Å². The second-order valence-electron chi connectivity index (χ2n) is 14.1. The number of amides is 2. The van der Waals surface area contributed by atoms with Crippen LogP contribution in [0.25, 0.3) is 10.8 Å². The van der Waals surface area contributed by atoms with Crippen LogP contribution in [0.4, 0.5) is 11.5 Å². The van der Waals surface area contributed by atoms with Crippen LogP contribution in [0.1, 0.15) is 83.1 Å². The van der Waals surface area contributed by atoms with Crippen LogP contribution in [0, 0.1) is 0 Å². The van der Waals surface area contributed by atoms with Crippen molar-refractivity contribution in [2.75, 3.05) is 49.1 Å². The van der Waals surface area contributed by atoms with Gasteiger partial charge in [-0.15, -0.1) is 0 Å². The molecular formula is C48H60N4O3. The van der Waals surface area contributed by atoms with Crippen LogP contribution >= 0.6 is 0 Å². The summed E-state index contributed by atoms with van der Waals surface area (Å²) in [6.07, 6.45) is 35.5. The Bertz CT molecular complexity index is 1820. The van der Waals surface area contributed by atoms with E-state index in [1.54, 1.807) is 0 Å². The third-order valence-corrected chi connectivity index (χ3v) is 9.97. The number of aryl methyl sites for hydroxylation is 1. The van der Waals surface area contributed by atoms with Crippen molar-refractivity contribution in [3.63, 3.8) is 0 Å². The molecule has 0 N–H and O–H groups in total. The number of fused-ring (bicyclic) bond motifs is 2. The molecule has 2 aliphatic heterocycles. The topological polar surface area (TPSA) is 66.0 Å². The molecule has 0 spiro atoms. The second kappa shape index (κ2) is 23.7. The van der Waals surface area contributed by atoms with Gasteiger partial charge in [0.2, 0.25) is 17.7 Å². The van der Waals surface area contributed by atoms with Gasteiger partial charge in [0, 0.05) is 56.2 Å². The maximum Gasteiger partial charge on any atom is 0.235 e. The van der Waals surface area contributed by atoms with Crippen LogP contribution in [0.15, 0.2) is 128 Å². The number of nitrogens with zero attached hydrogens (tertiary/aromatic N) is 4. The molecule has 1 fully saturated rings. The van der Waals surface area contributed by atoms with E-state index in [4.69, 9.17) is 4.74 Å². The van der Waals surface area contributed by atoms with E-state index in [9.17, 15) is 9.59 Å². The molecule has 3 aromatic rings. The quantitative estimate of drug-likeness (QED) is 0.0800. The molecule has 55 heavy (non-hydrogen) atoms. The zero-order valence-electron chi connectivity index (χ0n) is 32.9. The van der Waals surface area contributed by atoms with Crippen LogP contribution in [0.3, 0.4) is 0 Å². The molecule has 290 valence electrons. The summed E-state index contributed by atoms with van der Waals surface area (Å²) in [7, 11) is 0. The van der Waals surface area contributed by atoms with Crippen molar-refractivity contribution in [3.05, 3.63) is 133 Å². The Hall–Kier alpha value is -5.01. The number of carbonyl (C=O) groups is 2. The molecule has 2 amide bonds. The number of anilines is 2. The molecule has 7 heteroatoms. The lowest BCUT2D eigenvalue weighted by molar-refractivity contribution is -0.126. The molecule has 0 bridgehead atoms. The predicted octanol–water partition coefficient (Wildman–Crippen LogP) is 10.5. The summed E-state index contributed by atoms with van der Waals surface area (Å²) in [5, 5.41) is 2.61. The van der Waals surface area contributed by atoms with Gasteiger partial charge in [0.25, 0.3) is 0 Å². The first-order valence-electron chi connectivity index (χ1n) is 20.5. The van der Waals surface area contributed by atoms with Crippen molar-refractivity contribution in [2.24, 2.45) is 0 Å². The minimum atomic E-state index is -0.212. The minimum Gasteiger partial charge on any atom is -0.478 e. The number of hydrogen-bond donors (Lipinski definition) is 0. The van der Waals surface area contributed by atoms with Crippen LogP contribution in [-0.2, 0) is 16.0 Å². The molecule has 1 saturated heterocycles. The molecule has 3 heterocycles. The van der Waals surface area contributed by atoms with Gasteiger partial charge in [-0.3, -0.25) is 14.5 Å². The number of benzene rings is 2. The van der Waals surface area contributed by atoms with Gasteiger partial charge in [-0.1, -0.05) is 116 Å². The predicted molar refractivity (Wildman–Crippen MR) is 230 cm³/mol. The Labute approximate surface area is 329 Å². The van der Waals surface area contributed by atoms with E-state index in [0.717, 1.165) is 89.7 Å². The number of allylic oxidation sites excluding steroid dienone is 12. The highest BCUT2D eigenvalue weighted by Gasteiger charge is 2.30. The third-order valence-electron chi connectivity index (χ3n) is 9.97. The molecule has 5 rings (SSSR count). The van der Waals surface area contributed by atoms with Crippen LogP contribution < -0.4 is 14.5 Å². The summed E-state index contributed by atoms with van der Waals surface area (Å²) in [5.74, 6) is 0.499. The van der Waals surface area contributed by atoms with Gasteiger partial charge in [0.15, 0.2) is 0 Å². The summed E-state index contributed by atoms with van der Waals surface area (Å²) in [6.45, 7) is 7.89. The Morgan fingerprint density at radius 2 is 1.35 bits per heavy atom. The Balaban J connectivity index is 0.952. The fourth-order valence-electron chi connectivity index (χ4n) is 6.93. The average Bonchev–Trinajstić information content (AvgIpc) is 3.21. The Morgan fingerprint density at radius 3 is 2.04 bits per heavy atom. The largest absolute Gasteiger partial charge is 0.478 e. The highest BCUT2D eigenvalue weighted by molar-refractivity contribution is 6.15. The fraction of sp³-hybridized carbons (Fsp3) is 0.396. The zero-order chi connectivity index (χ0) is 38.3. The zero-order valence-corrected chi connectivity index (χ0v) is 32.9. The van der Waals surface area contributed by atoms with E-state index in [-0.39, 0.29) is 18.2 Å². The first-order chi connectivity index (χ1) is 27.1. The number of hydrogen-bond acceptors (Lipinski definition) is 6. The van der Waals surface area contributed by atoms with Gasteiger partial charge in [-0.05, 0) is 93.8 Å². The first-order valence-corrected chi connectivity index (χ1v) is 20.5. The van der Waals surface area contributed by atoms with Gasteiger partial charge >= 0.3 is 0 Å². The summed E-state index contributed by atoms with van der Waals surface area (Å²) in [4.78, 5) is 37.1. The molecule has 0 unspecified atom stereocenters. The molecule has 7 nitrogen and oxygen atoms in total. The molecule has 0 saturated carbocycles. The van der Waals surface area contributed by atoms with E-state index in [1.807, 2.05) is 18.2 Å². The summed E-state index contributed by atoms with van der Waals surface area (Å²) in [5.41, 5.74) is 2.24. The smallest absolute Gasteiger partial charge is 0.235 e. The van der Waals surface area contributed by atoms with Crippen molar-refractivity contribution < 1.29 is 14.3 Å².